The molecule has 1 aliphatic heterocycles. The number of carbonyl (C=O) groups excluding carboxylic acids is 1. The van der Waals surface area contributed by atoms with Crippen LogP contribution in [0.3, 0.4) is 0 Å². The Kier molecular flexibility index (Phi) is 2.99. The van der Waals surface area contributed by atoms with Crippen molar-refractivity contribution >= 4 is 22.4 Å². The summed E-state index contributed by atoms with van der Waals surface area (Å²) in [5, 5.41) is 5.54. The predicted molar refractivity (Wildman–Crippen MR) is 71.8 cm³/mol. The number of hydrogen-bond acceptors (Lipinski definition) is 5. The third-order valence-corrected chi connectivity index (χ3v) is 4.72. The van der Waals surface area contributed by atoms with Gasteiger partial charge in [0.2, 0.25) is 0 Å². The fraction of sp³-hybridized carbons (Fsp3) is 0.667. The van der Waals surface area contributed by atoms with Crippen LogP contribution >= 0.6 is 11.3 Å². The molecule has 0 bridgehead atoms. The van der Waals surface area contributed by atoms with Crippen LogP contribution in [-0.4, -0.2) is 42.0 Å². The van der Waals surface area contributed by atoms with Crippen molar-refractivity contribution in [3.05, 3.63) is 11.1 Å². The lowest BCUT2D eigenvalue weighted by Gasteiger charge is -2.14. The first kappa shape index (κ1) is 11.9. The molecule has 3 N–H and O–H groups in total. The Hall–Kier alpha value is -1.14. The van der Waals surface area contributed by atoms with E-state index in [2.05, 4.69) is 10.3 Å². The second-order valence-corrected chi connectivity index (χ2v) is 6.02. The number of nitrogens with zero attached hydrogens (tertiary/aromatic N) is 2. The molecule has 0 unspecified atom stereocenters. The van der Waals surface area contributed by atoms with Gasteiger partial charge in [0.15, 0.2) is 5.13 Å². The molecule has 6 heteroatoms. The van der Waals surface area contributed by atoms with Gasteiger partial charge in [0.1, 0.15) is 5.69 Å². The smallest absolute Gasteiger partial charge is 0.273 e. The summed E-state index contributed by atoms with van der Waals surface area (Å²) in [6, 6.07) is 0.142. The molecule has 2 fully saturated rings. The molecule has 3 rings (SSSR count). The van der Waals surface area contributed by atoms with Gasteiger partial charge in [-0.1, -0.05) is 0 Å². The molecule has 1 saturated carbocycles. The summed E-state index contributed by atoms with van der Waals surface area (Å²) >= 11 is 1.46. The summed E-state index contributed by atoms with van der Waals surface area (Å²) in [6.07, 6.45) is 2.56. The molecular weight excluding hydrogens is 248 g/mol. The highest BCUT2D eigenvalue weighted by Crippen LogP contribution is 2.41. The molecule has 18 heavy (non-hydrogen) atoms. The van der Waals surface area contributed by atoms with Gasteiger partial charge >= 0.3 is 0 Å². The Morgan fingerprint density at radius 1 is 1.56 bits per heavy atom. The number of carbonyl (C=O) groups is 1. The van der Waals surface area contributed by atoms with E-state index in [1.165, 1.54) is 24.2 Å². The Morgan fingerprint density at radius 2 is 2.33 bits per heavy atom. The SMILES string of the molecule is CNc1nc(C(=O)N2C[C@H](C3CC3)[C@@H](N)C2)cs1. The second kappa shape index (κ2) is 4.51. The number of hydrogen-bond donors (Lipinski definition) is 2. The van der Waals surface area contributed by atoms with Crippen molar-refractivity contribution in [3.8, 4) is 0 Å². The maximum atomic E-state index is 12.3. The molecule has 0 spiro atoms. The van der Waals surface area contributed by atoms with Crippen molar-refractivity contribution in [2.75, 3.05) is 25.5 Å². The number of rotatable bonds is 3. The van der Waals surface area contributed by atoms with Crippen LogP contribution in [0.5, 0.6) is 0 Å². The maximum absolute atomic E-state index is 12.3. The van der Waals surface area contributed by atoms with Crippen LogP contribution in [0.4, 0.5) is 5.13 Å². The van der Waals surface area contributed by atoms with Gasteiger partial charge in [-0.05, 0) is 24.7 Å². The van der Waals surface area contributed by atoms with Crippen molar-refractivity contribution in [2.24, 2.45) is 17.6 Å². The fourth-order valence-corrected chi connectivity index (χ4v) is 3.34. The summed E-state index contributed by atoms with van der Waals surface area (Å²) in [5.74, 6) is 1.27. The number of nitrogens with two attached hydrogens (primary N) is 1. The van der Waals surface area contributed by atoms with Crippen LogP contribution in [0.2, 0.25) is 0 Å². The van der Waals surface area contributed by atoms with E-state index < -0.39 is 0 Å². The summed E-state index contributed by atoms with van der Waals surface area (Å²) in [4.78, 5) is 18.4. The van der Waals surface area contributed by atoms with E-state index in [0.717, 1.165) is 17.6 Å². The van der Waals surface area contributed by atoms with E-state index in [-0.39, 0.29) is 11.9 Å². The maximum Gasteiger partial charge on any atom is 0.273 e. The Morgan fingerprint density at radius 3 is 2.94 bits per heavy atom. The van der Waals surface area contributed by atoms with E-state index >= 15 is 0 Å². The Balaban J connectivity index is 1.69. The van der Waals surface area contributed by atoms with Crippen LogP contribution in [-0.2, 0) is 0 Å². The molecule has 1 aromatic heterocycles. The third-order valence-electron chi connectivity index (χ3n) is 3.86. The summed E-state index contributed by atoms with van der Waals surface area (Å²) in [5.41, 5.74) is 6.67. The molecule has 0 aromatic carbocycles. The van der Waals surface area contributed by atoms with Crippen LogP contribution in [0.25, 0.3) is 0 Å². The number of amides is 1. The van der Waals surface area contributed by atoms with Gasteiger partial charge in [0.25, 0.3) is 5.91 Å². The van der Waals surface area contributed by atoms with Gasteiger partial charge in [-0.25, -0.2) is 4.98 Å². The van der Waals surface area contributed by atoms with Crippen molar-refractivity contribution < 1.29 is 4.79 Å². The molecule has 5 nitrogen and oxygen atoms in total. The molecule has 1 aliphatic carbocycles. The first-order chi connectivity index (χ1) is 8.69. The van der Waals surface area contributed by atoms with Crippen molar-refractivity contribution in [1.82, 2.24) is 9.88 Å². The first-order valence-electron chi connectivity index (χ1n) is 6.37. The largest absolute Gasteiger partial charge is 0.365 e. The third kappa shape index (κ3) is 2.10. The molecule has 1 saturated heterocycles. The van der Waals surface area contributed by atoms with E-state index in [0.29, 0.717) is 18.2 Å². The van der Waals surface area contributed by atoms with Crippen molar-refractivity contribution in [2.45, 2.75) is 18.9 Å². The number of nitrogens with one attached hydrogen (secondary N) is 1. The first-order valence-corrected chi connectivity index (χ1v) is 7.25. The average molecular weight is 266 g/mol. The van der Waals surface area contributed by atoms with Crippen LogP contribution < -0.4 is 11.1 Å². The highest BCUT2D eigenvalue weighted by atomic mass is 32.1. The number of anilines is 1. The van der Waals surface area contributed by atoms with Crippen LogP contribution in [0, 0.1) is 11.8 Å². The van der Waals surface area contributed by atoms with Crippen LogP contribution in [0.15, 0.2) is 5.38 Å². The Bertz CT molecular complexity index is 457. The molecule has 2 atom stereocenters. The monoisotopic (exact) mass is 266 g/mol. The van der Waals surface area contributed by atoms with E-state index in [1.807, 2.05) is 17.3 Å². The number of thiazole rings is 1. The molecule has 2 aliphatic rings. The topological polar surface area (TPSA) is 71.2 Å². The zero-order valence-corrected chi connectivity index (χ0v) is 11.2. The van der Waals surface area contributed by atoms with Gasteiger partial charge in [-0.15, -0.1) is 11.3 Å². The van der Waals surface area contributed by atoms with Crippen molar-refractivity contribution in [3.63, 3.8) is 0 Å². The van der Waals surface area contributed by atoms with Crippen molar-refractivity contribution in [1.29, 1.82) is 0 Å². The summed E-state index contributed by atoms with van der Waals surface area (Å²) < 4.78 is 0. The average Bonchev–Trinajstić information content (AvgIpc) is 2.97. The zero-order chi connectivity index (χ0) is 12.7. The molecular formula is C12H18N4OS. The normalized spacial score (nSPS) is 27.6. The predicted octanol–water partition coefficient (Wildman–Crippen LogP) is 0.994. The standard InChI is InChI=1S/C12H18N4OS/c1-14-12-15-10(6-18-12)11(17)16-4-8(7-2-3-7)9(13)5-16/h6-9H,2-5,13H2,1H3,(H,14,15)/t8-,9+/m1/s1. The van der Waals surface area contributed by atoms with Gasteiger partial charge < -0.3 is 16.0 Å². The Labute approximate surface area is 110 Å². The fourth-order valence-electron chi connectivity index (χ4n) is 2.69. The molecule has 1 amide bonds. The van der Waals surface area contributed by atoms with E-state index in [9.17, 15) is 4.79 Å². The quantitative estimate of drug-likeness (QED) is 0.856. The van der Waals surface area contributed by atoms with Gasteiger partial charge in [-0.2, -0.15) is 0 Å². The van der Waals surface area contributed by atoms with Gasteiger partial charge in [0.05, 0.1) is 0 Å². The summed E-state index contributed by atoms with van der Waals surface area (Å²) in [7, 11) is 1.81. The molecule has 0 radical (unpaired) electrons. The van der Waals surface area contributed by atoms with E-state index in [1.54, 1.807) is 0 Å². The lowest BCUT2D eigenvalue weighted by Crippen LogP contribution is -2.32. The lowest BCUT2D eigenvalue weighted by molar-refractivity contribution is 0.0780. The highest BCUT2D eigenvalue weighted by molar-refractivity contribution is 7.13. The van der Waals surface area contributed by atoms with Gasteiger partial charge in [-0.3, -0.25) is 4.79 Å². The van der Waals surface area contributed by atoms with E-state index in [4.69, 9.17) is 5.73 Å². The minimum absolute atomic E-state index is 0.0198. The second-order valence-electron chi connectivity index (χ2n) is 5.16. The lowest BCUT2D eigenvalue weighted by atomic mass is 9.99. The molecule has 1 aromatic rings. The van der Waals surface area contributed by atoms with Crippen LogP contribution in [0.1, 0.15) is 23.3 Å². The number of aromatic nitrogens is 1. The minimum Gasteiger partial charge on any atom is -0.365 e. The summed E-state index contributed by atoms with van der Waals surface area (Å²) in [6.45, 7) is 1.48. The zero-order valence-electron chi connectivity index (χ0n) is 10.4. The molecule has 2 heterocycles. The highest BCUT2D eigenvalue weighted by Gasteiger charge is 2.42. The minimum atomic E-state index is 0.0198. The molecule has 98 valence electrons. The van der Waals surface area contributed by atoms with Gasteiger partial charge in [0, 0.05) is 31.6 Å². The number of likely N-dealkylation sites (tertiary alicyclic amines) is 1.